The van der Waals surface area contributed by atoms with E-state index in [1.54, 1.807) is 0 Å². The molecule has 2 rings (SSSR count). The van der Waals surface area contributed by atoms with Crippen LogP contribution in [0.2, 0.25) is 0 Å². The van der Waals surface area contributed by atoms with E-state index >= 15 is 0 Å². The van der Waals surface area contributed by atoms with Gasteiger partial charge in [0, 0.05) is 48.3 Å². The van der Waals surface area contributed by atoms with E-state index < -0.39 is 0 Å². The van der Waals surface area contributed by atoms with Crippen LogP contribution in [-0.4, -0.2) is 23.1 Å². The standard InChI is InChI=1S/C17H29N3/c1-14-8-6-5-7-11-20(14)16-9-10-18-12-15(16)13-19-17(2,3)4/h9-10,12,14,19H,5-8,11,13H2,1-4H3. The Morgan fingerprint density at radius 2 is 2.10 bits per heavy atom. The Labute approximate surface area is 123 Å². The van der Waals surface area contributed by atoms with Crippen molar-refractivity contribution in [2.75, 3.05) is 11.4 Å². The van der Waals surface area contributed by atoms with Crippen molar-refractivity contribution in [3.63, 3.8) is 0 Å². The molecule has 0 radical (unpaired) electrons. The van der Waals surface area contributed by atoms with E-state index in [1.807, 2.05) is 12.4 Å². The van der Waals surface area contributed by atoms with Crippen molar-refractivity contribution in [2.24, 2.45) is 0 Å². The third kappa shape index (κ3) is 4.20. The summed E-state index contributed by atoms with van der Waals surface area (Å²) < 4.78 is 0. The molecule has 112 valence electrons. The van der Waals surface area contributed by atoms with Gasteiger partial charge in [-0.1, -0.05) is 12.8 Å². The van der Waals surface area contributed by atoms with E-state index in [4.69, 9.17) is 0 Å². The van der Waals surface area contributed by atoms with Crippen LogP contribution in [0.5, 0.6) is 0 Å². The zero-order valence-corrected chi connectivity index (χ0v) is 13.4. The Balaban J connectivity index is 2.17. The Bertz CT molecular complexity index is 422. The zero-order chi connectivity index (χ0) is 14.6. The highest BCUT2D eigenvalue weighted by molar-refractivity contribution is 5.53. The minimum Gasteiger partial charge on any atom is -0.368 e. The fourth-order valence-corrected chi connectivity index (χ4v) is 2.83. The maximum atomic E-state index is 4.32. The van der Waals surface area contributed by atoms with Crippen LogP contribution in [-0.2, 0) is 6.54 Å². The van der Waals surface area contributed by atoms with E-state index in [1.165, 1.54) is 43.5 Å². The lowest BCUT2D eigenvalue weighted by Crippen LogP contribution is -2.37. The smallest absolute Gasteiger partial charge is 0.0445 e. The number of pyridine rings is 1. The quantitative estimate of drug-likeness (QED) is 0.911. The topological polar surface area (TPSA) is 28.2 Å². The number of anilines is 1. The van der Waals surface area contributed by atoms with Gasteiger partial charge in [-0.05, 0) is 46.6 Å². The molecule has 0 saturated carbocycles. The molecule has 2 heterocycles. The predicted octanol–water partition coefficient (Wildman–Crippen LogP) is 3.74. The summed E-state index contributed by atoms with van der Waals surface area (Å²) in [6.45, 7) is 11.0. The van der Waals surface area contributed by atoms with Crippen LogP contribution in [0.1, 0.15) is 58.9 Å². The highest BCUT2D eigenvalue weighted by atomic mass is 15.2. The van der Waals surface area contributed by atoms with E-state index in [-0.39, 0.29) is 5.54 Å². The molecule has 0 aromatic carbocycles. The maximum Gasteiger partial charge on any atom is 0.0445 e. The number of rotatable bonds is 3. The molecule has 0 bridgehead atoms. The van der Waals surface area contributed by atoms with Crippen LogP contribution < -0.4 is 10.2 Å². The summed E-state index contributed by atoms with van der Waals surface area (Å²) >= 11 is 0. The van der Waals surface area contributed by atoms with Gasteiger partial charge < -0.3 is 10.2 Å². The van der Waals surface area contributed by atoms with Crippen LogP contribution in [0.15, 0.2) is 18.5 Å². The molecule has 1 atom stereocenters. The van der Waals surface area contributed by atoms with Gasteiger partial charge in [-0.15, -0.1) is 0 Å². The van der Waals surface area contributed by atoms with Crippen molar-refractivity contribution in [1.82, 2.24) is 10.3 Å². The molecule has 1 aromatic heterocycles. The Morgan fingerprint density at radius 3 is 2.85 bits per heavy atom. The molecule has 0 aliphatic carbocycles. The lowest BCUT2D eigenvalue weighted by atomic mass is 10.1. The van der Waals surface area contributed by atoms with Crippen molar-refractivity contribution in [2.45, 2.75) is 71.5 Å². The summed E-state index contributed by atoms with van der Waals surface area (Å²) in [5.41, 5.74) is 2.82. The van der Waals surface area contributed by atoms with Crippen molar-refractivity contribution in [3.8, 4) is 0 Å². The summed E-state index contributed by atoms with van der Waals surface area (Å²) in [7, 11) is 0. The number of nitrogens with zero attached hydrogens (tertiary/aromatic N) is 2. The molecule has 3 heteroatoms. The predicted molar refractivity (Wildman–Crippen MR) is 86.1 cm³/mol. The molecule has 1 fully saturated rings. The van der Waals surface area contributed by atoms with Crippen molar-refractivity contribution >= 4 is 5.69 Å². The first-order chi connectivity index (χ1) is 9.47. The number of aromatic nitrogens is 1. The van der Waals surface area contributed by atoms with Gasteiger partial charge in [0.2, 0.25) is 0 Å². The fraction of sp³-hybridized carbons (Fsp3) is 0.706. The maximum absolute atomic E-state index is 4.32. The second-order valence-corrected chi connectivity index (χ2v) is 7.00. The highest BCUT2D eigenvalue weighted by Gasteiger charge is 2.20. The minimum atomic E-state index is 0.136. The Morgan fingerprint density at radius 1 is 1.30 bits per heavy atom. The van der Waals surface area contributed by atoms with Gasteiger partial charge >= 0.3 is 0 Å². The average molecular weight is 275 g/mol. The lowest BCUT2D eigenvalue weighted by Gasteiger charge is -2.32. The molecular formula is C17H29N3. The number of hydrogen-bond acceptors (Lipinski definition) is 3. The van der Waals surface area contributed by atoms with Gasteiger partial charge in [0.1, 0.15) is 0 Å². The summed E-state index contributed by atoms with van der Waals surface area (Å²) in [5.74, 6) is 0. The van der Waals surface area contributed by atoms with E-state index in [0.717, 1.165) is 6.54 Å². The Kier molecular flexibility index (Phi) is 5.03. The molecule has 3 nitrogen and oxygen atoms in total. The van der Waals surface area contributed by atoms with Gasteiger partial charge in [0.25, 0.3) is 0 Å². The molecule has 1 aliphatic rings. The molecular weight excluding hydrogens is 246 g/mol. The molecule has 1 unspecified atom stereocenters. The Hall–Kier alpha value is -1.09. The van der Waals surface area contributed by atoms with Gasteiger partial charge in [0.15, 0.2) is 0 Å². The van der Waals surface area contributed by atoms with Gasteiger partial charge in [-0.2, -0.15) is 0 Å². The molecule has 0 amide bonds. The molecule has 20 heavy (non-hydrogen) atoms. The highest BCUT2D eigenvalue weighted by Crippen LogP contribution is 2.27. The number of nitrogens with one attached hydrogen (secondary N) is 1. The van der Waals surface area contributed by atoms with Gasteiger partial charge in [0.05, 0.1) is 0 Å². The minimum absolute atomic E-state index is 0.136. The monoisotopic (exact) mass is 275 g/mol. The van der Waals surface area contributed by atoms with E-state index in [0.29, 0.717) is 6.04 Å². The zero-order valence-electron chi connectivity index (χ0n) is 13.4. The molecule has 1 saturated heterocycles. The molecule has 0 spiro atoms. The first-order valence-electron chi connectivity index (χ1n) is 7.92. The summed E-state index contributed by atoms with van der Waals surface area (Å²) in [6, 6.07) is 2.81. The third-order valence-electron chi connectivity index (χ3n) is 4.05. The second kappa shape index (κ2) is 6.57. The normalized spacial score (nSPS) is 20.8. The largest absolute Gasteiger partial charge is 0.368 e. The SMILES string of the molecule is CC1CCCCCN1c1ccncc1CNC(C)(C)C. The summed E-state index contributed by atoms with van der Waals surface area (Å²) in [6.07, 6.45) is 9.27. The number of hydrogen-bond donors (Lipinski definition) is 1. The third-order valence-corrected chi connectivity index (χ3v) is 4.05. The second-order valence-electron chi connectivity index (χ2n) is 7.00. The van der Waals surface area contributed by atoms with Gasteiger partial charge in [-0.25, -0.2) is 0 Å². The van der Waals surface area contributed by atoms with Gasteiger partial charge in [-0.3, -0.25) is 4.98 Å². The van der Waals surface area contributed by atoms with Crippen LogP contribution in [0.3, 0.4) is 0 Å². The van der Waals surface area contributed by atoms with E-state index in [9.17, 15) is 0 Å². The van der Waals surface area contributed by atoms with E-state index in [2.05, 4.69) is 49.0 Å². The van der Waals surface area contributed by atoms with Crippen LogP contribution in [0.25, 0.3) is 0 Å². The van der Waals surface area contributed by atoms with Crippen molar-refractivity contribution in [1.29, 1.82) is 0 Å². The summed E-state index contributed by atoms with van der Waals surface area (Å²) in [5, 5.41) is 3.58. The molecule has 1 aliphatic heterocycles. The first kappa shape index (κ1) is 15.3. The van der Waals surface area contributed by atoms with Crippen molar-refractivity contribution < 1.29 is 0 Å². The van der Waals surface area contributed by atoms with Crippen LogP contribution in [0, 0.1) is 0 Å². The fourth-order valence-electron chi connectivity index (χ4n) is 2.83. The molecule has 1 N–H and O–H groups in total. The van der Waals surface area contributed by atoms with Crippen molar-refractivity contribution in [3.05, 3.63) is 24.0 Å². The molecule has 1 aromatic rings. The van der Waals surface area contributed by atoms with Crippen LogP contribution in [0.4, 0.5) is 5.69 Å². The van der Waals surface area contributed by atoms with Crippen LogP contribution >= 0.6 is 0 Å². The average Bonchev–Trinajstić information content (AvgIpc) is 2.61. The summed E-state index contributed by atoms with van der Waals surface area (Å²) in [4.78, 5) is 6.90. The lowest BCUT2D eigenvalue weighted by molar-refractivity contribution is 0.423. The first-order valence-corrected chi connectivity index (χ1v) is 7.92.